The molecule has 1 atom stereocenters. The normalized spacial score (nSPS) is 17.9. The fraction of sp³-hybridized carbons (Fsp3) is 0.917. The van der Waals surface area contributed by atoms with Crippen LogP contribution in [0.25, 0.3) is 0 Å². The van der Waals surface area contributed by atoms with Gasteiger partial charge in [0.2, 0.25) is 0 Å². The van der Waals surface area contributed by atoms with Crippen molar-refractivity contribution in [1.29, 1.82) is 0 Å². The van der Waals surface area contributed by atoms with Crippen LogP contribution >= 0.6 is 0 Å². The minimum atomic E-state index is 0.00741. The zero-order chi connectivity index (χ0) is 10.4. The highest BCUT2D eigenvalue weighted by Gasteiger charge is 2.29. The minimum absolute atomic E-state index is 0.00741. The molecule has 0 aromatic carbocycles. The molecule has 82 valence electrons. The van der Waals surface area contributed by atoms with Crippen LogP contribution in [0.1, 0.15) is 51.9 Å². The first kappa shape index (κ1) is 11.5. The van der Waals surface area contributed by atoms with E-state index >= 15 is 0 Å². The van der Waals surface area contributed by atoms with Crippen LogP contribution in [0, 0.1) is 11.8 Å². The topological polar surface area (TPSA) is 26.3 Å². The van der Waals surface area contributed by atoms with Crippen molar-refractivity contribution >= 4 is 5.97 Å². The molecule has 0 bridgehead atoms. The van der Waals surface area contributed by atoms with Gasteiger partial charge in [-0.25, -0.2) is 0 Å². The largest absolute Gasteiger partial charge is 0.469 e. The van der Waals surface area contributed by atoms with E-state index in [0.717, 1.165) is 18.8 Å². The van der Waals surface area contributed by atoms with Gasteiger partial charge < -0.3 is 4.74 Å². The first-order valence-corrected chi connectivity index (χ1v) is 5.85. The Morgan fingerprint density at radius 3 is 2.64 bits per heavy atom. The molecule has 1 saturated carbocycles. The molecule has 1 rings (SSSR count). The van der Waals surface area contributed by atoms with Gasteiger partial charge in [-0.05, 0) is 18.8 Å². The van der Waals surface area contributed by atoms with Crippen molar-refractivity contribution in [2.45, 2.75) is 51.9 Å². The van der Waals surface area contributed by atoms with Crippen molar-refractivity contribution < 1.29 is 9.53 Å². The molecule has 2 nitrogen and oxygen atoms in total. The Morgan fingerprint density at radius 1 is 1.43 bits per heavy atom. The Bertz CT molecular complexity index is 173. The summed E-state index contributed by atoms with van der Waals surface area (Å²) in [6.07, 6.45) is 8.36. The molecule has 1 aliphatic rings. The molecule has 0 saturated heterocycles. The van der Waals surface area contributed by atoms with Crippen molar-refractivity contribution in [2.24, 2.45) is 11.8 Å². The summed E-state index contributed by atoms with van der Waals surface area (Å²) in [6, 6.07) is 0. The molecule has 1 aliphatic carbocycles. The summed E-state index contributed by atoms with van der Waals surface area (Å²) in [5.41, 5.74) is 0. The predicted octanol–water partition coefficient (Wildman–Crippen LogP) is 3.16. The highest BCUT2D eigenvalue weighted by Crippen LogP contribution is 2.37. The number of carbonyl (C=O) groups excluding carboxylic acids is 1. The van der Waals surface area contributed by atoms with Gasteiger partial charge in [0.25, 0.3) is 0 Å². The van der Waals surface area contributed by atoms with E-state index in [2.05, 4.69) is 6.92 Å². The second kappa shape index (κ2) is 6.05. The first-order valence-electron chi connectivity index (χ1n) is 5.85. The number of unbranched alkanes of at least 4 members (excludes halogenated alkanes) is 2. The number of methoxy groups -OCH3 is 1. The maximum absolute atomic E-state index is 11.4. The molecular weight excluding hydrogens is 176 g/mol. The van der Waals surface area contributed by atoms with Gasteiger partial charge in [0.1, 0.15) is 0 Å². The van der Waals surface area contributed by atoms with Crippen molar-refractivity contribution in [3.8, 4) is 0 Å². The lowest BCUT2D eigenvalue weighted by atomic mass is 9.95. The summed E-state index contributed by atoms with van der Waals surface area (Å²) < 4.78 is 4.83. The SMILES string of the molecule is CCCCCC(CC1CC1)C(=O)OC. The average molecular weight is 198 g/mol. The summed E-state index contributed by atoms with van der Waals surface area (Å²) in [7, 11) is 1.50. The molecule has 1 fully saturated rings. The fourth-order valence-corrected chi connectivity index (χ4v) is 1.90. The third-order valence-electron chi connectivity index (χ3n) is 3.01. The van der Waals surface area contributed by atoms with Crippen molar-refractivity contribution in [3.63, 3.8) is 0 Å². The summed E-state index contributed by atoms with van der Waals surface area (Å²) >= 11 is 0. The summed E-state index contributed by atoms with van der Waals surface area (Å²) in [6.45, 7) is 2.19. The van der Waals surface area contributed by atoms with E-state index in [9.17, 15) is 4.79 Å². The van der Waals surface area contributed by atoms with Gasteiger partial charge in [-0.1, -0.05) is 39.0 Å². The lowest BCUT2D eigenvalue weighted by Gasteiger charge is -2.13. The van der Waals surface area contributed by atoms with E-state index in [1.807, 2.05) is 0 Å². The van der Waals surface area contributed by atoms with Crippen molar-refractivity contribution in [1.82, 2.24) is 0 Å². The molecule has 0 N–H and O–H groups in total. The highest BCUT2D eigenvalue weighted by atomic mass is 16.5. The van der Waals surface area contributed by atoms with Crippen LogP contribution in [0.15, 0.2) is 0 Å². The van der Waals surface area contributed by atoms with Crippen LogP contribution in [0.4, 0.5) is 0 Å². The molecule has 0 spiro atoms. The molecule has 0 amide bonds. The van der Waals surface area contributed by atoms with Gasteiger partial charge in [0.15, 0.2) is 0 Å². The Kier molecular flexibility index (Phi) is 4.99. The molecule has 1 unspecified atom stereocenters. The Hall–Kier alpha value is -0.530. The van der Waals surface area contributed by atoms with Gasteiger partial charge in [0.05, 0.1) is 13.0 Å². The van der Waals surface area contributed by atoms with E-state index in [1.54, 1.807) is 0 Å². The number of hydrogen-bond donors (Lipinski definition) is 0. The zero-order valence-electron chi connectivity index (χ0n) is 9.42. The van der Waals surface area contributed by atoms with Crippen LogP contribution in [-0.2, 0) is 9.53 Å². The quantitative estimate of drug-likeness (QED) is 0.464. The molecule has 0 radical (unpaired) electrons. The maximum Gasteiger partial charge on any atom is 0.308 e. The second-order valence-corrected chi connectivity index (χ2v) is 4.39. The number of hydrogen-bond acceptors (Lipinski definition) is 2. The van der Waals surface area contributed by atoms with E-state index < -0.39 is 0 Å². The predicted molar refractivity (Wildman–Crippen MR) is 57.0 cm³/mol. The van der Waals surface area contributed by atoms with Crippen LogP contribution in [0.3, 0.4) is 0 Å². The standard InChI is InChI=1S/C12H22O2/c1-3-4-5-6-11(12(13)14-2)9-10-7-8-10/h10-11H,3-9H2,1-2H3. The van der Waals surface area contributed by atoms with Gasteiger partial charge in [-0.15, -0.1) is 0 Å². The lowest BCUT2D eigenvalue weighted by molar-refractivity contribution is -0.146. The summed E-state index contributed by atoms with van der Waals surface area (Å²) in [5, 5.41) is 0. The van der Waals surface area contributed by atoms with E-state index in [1.165, 1.54) is 39.2 Å². The van der Waals surface area contributed by atoms with Crippen LogP contribution in [0.5, 0.6) is 0 Å². The molecular formula is C12H22O2. The van der Waals surface area contributed by atoms with Gasteiger partial charge in [-0.3, -0.25) is 4.79 Å². The fourth-order valence-electron chi connectivity index (χ4n) is 1.90. The average Bonchev–Trinajstić information content (AvgIpc) is 2.99. The molecule has 2 heteroatoms. The molecule has 0 aromatic heterocycles. The van der Waals surface area contributed by atoms with Gasteiger partial charge in [0, 0.05) is 0 Å². The Balaban J connectivity index is 2.23. The molecule has 14 heavy (non-hydrogen) atoms. The van der Waals surface area contributed by atoms with E-state index in [0.29, 0.717) is 0 Å². The highest BCUT2D eigenvalue weighted by molar-refractivity contribution is 5.72. The number of ether oxygens (including phenoxy) is 1. The monoisotopic (exact) mass is 198 g/mol. The van der Waals surface area contributed by atoms with Crippen LogP contribution in [-0.4, -0.2) is 13.1 Å². The van der Waals surface area contributed by atoms with Gasteiger partial charge in [-0.2, -0.15) is 0 Å². The van der Waals surface area contributed by atoms with E-state index in [-0.39, 0.29) is 11.9 Å². The Morgan fingerprint density at radius 2 is 2.14 bits per heavy atom. The van der Waals surface area contributed by atoms with Gasteiger partial charge >= 0.3 is 5.97 Å². The third-order valence-corrected chi connectivity index (χ3v) is 3.01. The van der Waals surface area contributed by atoms with Crippen LogP contribution < -0.4 is 0 Å². The molecule has 0 aliphatic heterocycles. The number of carbonyl (C=O) groups is 1. The molecule has 0 aromatic rings. The Labute approximate surface area is 87.0 Å². The second-order valence-electron chi connectivity index (χ2n) is 4.39. The van der Waals surface area contributed by atoms with Crippen LogP contribution in [0.2, 0.25) is 0 Å². The van der Waals surface area contributed by atoms with Crippen molar-refractivity contribution in [3.05, 3.63) is 0 Å². The minimum Gasteiger partial charge on any atom is -0.469 e. The first-order chi connectivity index (χ1) is 6.77. The van der Waals surface area contributed by atoms with Crippen molar-refractivity contribution in [2.75, 3.05) is 7.11 Å². The lowest BCUT2D eigenvalue weighted by Crippen LogP contribution is -2.16. The smallest absolute Gasteiger partial charge is 0.308 e. The number of esters is 1. The summed E-state index contributed by atoms with van der Waals surface area (Å²) in [4.78, 5) is 11.4. The zero-order valence-corrected chi connectivity index (χ0v) is 9.42. The third kappa shape index (κ3) is 4.12. The number of rotatable bonds is 7. The van der Waals surface area contributed by atoms with E-state index in [4.69, 9.17) is 4.74 Å². The summed E-state index contributed by atoms with van der Waals surface area (Å²) in [5.74, 6) is 1.01. The molecule has 0 heterocycles. The maximum atomic E-state index is 11.4.